The van der Waals surface area contributed by atoms with E-state index in [0.29, 0.717) is 0 Å². The predicted molar refractivity (Wildman–Crippen MR) is 54.1 cm³/mol. The molecule has 14 heavy (non-hydrogen) atoms. The van der Waals surface area contributed by atoms with Gasteiger partial charge < -0.3 is 9.84 Å². The van der Waals surface area contributed by atoms with Gasteiger partial charge in [-0.3, -0.25) is 0 Å². The summed E-state index contributed by atoms with van der Waals surface area (Å²) in [6.07, 6.45) is 3.83. The molecule has 70 valence electrons. The summed E-state index contributed by atoms with van der Waals surface area (Å²) in [4.78, 5) is 0. The lowest BCUT2D eigenvalue weighted by Gasteiger charge is -1.99. The molecule has 1 unspecified atom stereocenters. The largest absolute Gasteiger partial charge is 0.358 e. The van der Waals surface area contributed by atoms with Crippen LogP contribution < -0.4 is 0 Å². The summed E-state index contributed by atoms with van der Waals surface area (Å²) in [6.45, 7) is 0.0602. The van der Waals surface area contributed by atoms with Gasteiger partial charge in [0.15, 0.2) is 0 Å². The normalized spacial score (nSPS) is 10.9. The van der Waals surface area contributed by atoms with E-state index >= 15 is 0 Å². The Balaban J connectivity index is 2.52. The van der Waals surface area contributed by atoms with Gasteiger partial charge in [-0.05, 0) is 18.1 Å². The summed E-state index contributed by atoms with van der Waals surface area (Å²) in [5, 5.41) is 9.15. The van der Waals surface area contributed by atoms with E-state index < -0.39 is 6.29 Å². The fourth-order valence-corrected chi connectivity index (χ4v) is 0.835. The van der Waals surface area contributed by atoms with E-state index in [9.17, 15) is 0 Å². The molecule has 0 amide bonds. The monoisotopic (exact) mass is 186 g/mol. The average Bonchev–Trinajstić information content (AvgIpc) is 2.25. The number of hydrogen-bond donors (Lipinski definition) is 1. The fraction of sp³-hybridized carbons (Fsp3) is 0.167. The molecule has 2 heteroatoms. The number of hydrogen-bond acceptors (Lipinski definition) is 2. The van der Waals surface area contributed by atoms with Gasteiger partial charge >= 0.3 is 0 Å². The lowest BCUT2D eigenvalue weighted by molar-refractivity contribution is -0.0427. The first kappa shape index (κ1) is 10.3. The third kappa shape index (κ3) is 3.78. The van der Waals surface area contributed by atoms with Gasteiger partial charge in [0.25, 0.3) is 0 Å². The minimum Gasteiger partial charge on any atom is -0.358 e. The van der Waals surface area contributed by atoms with Crippen molar-refractivity contribution in [3.8, 4) is 24.2 Å². The van der Waals surface area contributed by atoms with Gasteiger partial charge in [0.2, 0.25) is 6.29 Å². The first-order valence-corrected chi connectivity index (χ1v) is 4.12. The van der Waals surface area contributed by atoms with Crippen LogP contribution in [-0.2, 0) is 4.74 Å². The van der Waals surface area contributed by atoms with Crippen molar-refractivity contribution >= 4 is 0 Å². The number of rotatable bonds is 2. The molecule has 0 radical (unpaired) electrons. The van der Waals surface area contributed by atoms with Crippen LogP contribution in [0, 0.1) is 24.2 Å². The smallest absolute Gasteiger partial charge is 0.221 e. The van der Waals surface area contributed by atoms with Crippen LogP contribution in [0.3, 0.4) is 0 Å². The summed E-state index contributed by atoms with van der Waals surface area (Å²) < 4.78 is 4.76. The van der Waals surface area contributed by atoms with Crippen molar-refractivity contribution in [2.75, 3.05) is 6.61 Å². The van der Waals surface area contributed by atoms with Gasteiger partial charge in [0.1, 0.15) is 6.61 Å². The van der Waals surface area contributed by atoms with E-state index in [2.05, 4.69) is 17.8 Å². The highest BCUT2D eigenvalue weighted by atomic mass is 16.6. The van der Waals surface area contributed by atoms with E-state index in [-0.39, 0.29) is 6.61 Å². The Morgan fingerprint density at radius 1 is 1.36 bits per heavy atom. The van der Waals surface area contributed by atoms with Crippen molar-refractivity contribution in [3.63, 3.8) is 0 Å². The first-order chi connectivity index (χ1) is 6.83. The number of ether oxygens (including phenoxy) is 1. The Labute approximate surface area is 83.5 Å². The minimum absolute atomic E-state index is 0.0602. The van der Waals surface area contributed by atoms with E-state index in [0.717, 1.165) is 5.56 Å². The summed E-state index contributed by atoms with van der Waals surface area (Å²) >= 11 is 0. The molecule has 1 atom stereocenters. The molecule has 0 bridgehead atoms. The summed E-state index contributed by atoms with van der Waals surface area (Å²) in [7, 11) is 0. The van der Waals surface area contributed by atoms with E-state index in [4.69, 9.17) is 16.3 Å². The lowest BCUT2D eigenvalue weighted by atomic mass is 10.2. The van der Waals surface area contributed by atoms with Crippen LogP contribution in [0.4, 0.5) is 0 Å². The fourth-order valence-electron chi connectivity index (χ4n) is 0.835. The molecule has 0 spiro atoms. The zero-order valence-electron chi connectivity index (χ0n) is 7.60. The van der Waals surface area contributed by atoms with Crippen LogP contribution in [-0.4, -0.2) is 18.0 Å². The van der Waals surface area contributed by atoms with Crippen LogP contribution in [0.2, 0.25) is 0 Å². The molecule has 1 N–H and O–H groups in total. The van der Waals surface area contributed by atoms with Crippen molar-refractivity contribution in [3.05, 3.63) is 35.9 Å². The molecular formula is C12H10O2. The molecule has 2 nitrogen and oxygen atoms in total. The molecule has 0 aliphatic heterocycles. The van der Waals surface area contributed by atoms with Gasteiger partial charge in [0, 0.05) is 5.56 Å². The Hall–Kier alpha value is -1.74. The number of benzene rings is 1. The highest BCUT2D eigenvalue weighted by molar-refractivity contribution is 5.33. The second-order valence-electron chi connectivity index (χ2n) is 2.50. The molecule has 1 aromatic carbocycles. The third-order valence-electron chi connectivity index (χ3n) is 1.44. The van der Waals surface area contributed by atoms with Crippen molar-refractivity contribution in [2.24, 2.45) is 0 Å². The van der Waals surface area contributed by atoms with Crippen LogP contribution in [0.5, 0.6) is 0 Å². The number of aliphatic hydroxyl groups excluding tert-OH is 1. The predicted octanol–water partition coefficient (Wildman–Crippen LogP) is 1.01. The van der Waals surface area contributed by atoms with Gasteiger partial charge in [-0.2, -0.15) is 0 Å². The number of terminal acetylenes is 1. The first-order valence-electron chi connectivity index (χ1n) is 4.12. The molecule has 0 aromatic heterocycles. The van der Waals surface area contributed by atoms with Crippen molar-refractivity contribution in [1.29, 1.82) is 0 Å². The number of aliphatic hydroxyl groups is 1. The molecule has 0 saturated heterocycles. The zero-order valence-corrected chi connectivity index (χ0v) is 7.60. The topological polar surface area (TPSA) is 29.5 Å². The second kappa shape index (κ2) is 5.83. The SMILES string of the molecule is C#CCOC(O)C#Cc1ccccc1. The summed E-state index contributed by atoms with van der Waals surface area (Å²) in [5.74, 6) is 7.53. The van der Waals surface area contributed by atoms with Crippen molar-refractivity contribution in [1.82, 2.24) is 0 Å². The Kier molecular flexibility index (Phi) is 4.31. The maximum atomic E-state index is 9.15. The molecule has 1 rings (SSSR count). The molecule has 0 fully saturated rings. The minimum atomic E-state index is -1.12. The molecule has 1 aromatic rings. The molecule has 0 aliphatic carbocycles. The van der Waals surface area contributed by atoms with Gasteiger partial charge in [-0.1, -0.05) is 30.0 Å². The maximum Gasteiger partial charge on any atom is 0.221 e. The van der Waals surface area contributed by atoms with Gasteiger partial charge in [-0.15, -0.1) is 6.42 Å². The van der Waals surface area contributed by atoms with Crippen LogP contribution in [0.15, 0.2) is 30.3 Å². The van der Waals surface area contributed by atoms with E-state index in [1.165, 1.54) is 0 Å². The van der Waals surface area contributed by atoms with Gasteiger partial charge in [-0.25, -0.2) is 0 Å². The standard InChI is InChI=1S/C12H10O2/c1-2-10-14-12(13)9-8-11-6-4-3-5-7-11/h1,3-7,12-13H,10H2. The zero-order chi connectivity index (χ0) is 10.2. The maximum absolute atomic E-state index is 9.15. The Morgan fingerprint density at radius 3 is 2.71 bits per heavy atom. The Morgan fingerprint density at radius 2 is 2.07 bits per heavy atom. The van der Waals surface area contributed by atoms with Crippen molar-refractivity contribution < 1.29 is 9.84 Å². The molecule has 0 saturated carbocycles. The summed E-state index contributed by atoms with van der Waals surface area (Å²) in [5.41, 5.74) is 0.829. The van der Waals surface area contributed by atoms with Crippen LogP contribution in [0.1, 0.15) is 5.56 Å². The highest BCUT2D eigenvalue weighted by Gasteiger charge is 1.94. The van der Waals surface area contributed by atoms with Crippen LogP contribution >= 0.6 is 0 Å². The lowest BCUT2D eigenvalue weighted by Crippen LogP contribution is -2.08. The van der Waals surface area contributed by atoms with Crippen LogP contribution in [0.25, 0.3) is 0 Å². The van der Waals surface area contributed by atoms with E-state index in [1.807, 2.05) is 30.3 Å². The highest BCUT2D eigenvalue weighted by Crippen LogP contribution is 1.95. The Bertz CT molecular complexity index is 365. The molecule has 0 heterocycles. The van der Waals surface area contributed by atoms with Gasteiger partial charge in [0.05, 0.1) is 0 Å². The molecular weight excluding hydrogens is 176 g/mol. The molecule has 0 aliphatic rings. The third-order valence-corrected chi connectivity index (χ3v) is 1.44. The second-order valence-corrected chi connectivity index (χ2v) is 2.50. The van der Waals surface area contributed by atoms with Crippen molar-refractivity contribution in [2.45, 2.75) is 6.29 Å². The average molecular weight is 186 g/mol. The van der Waals surface area contributed by atoms with E-state index in [1.54, 1.807) is 0 Å². The summed E-state index contributed by atoms with van der Waals surface area (Å²) in [6, 6.07) is 9.34. The quantitative estimate of drug-likeness (QED) is 0.551.